The normalized spacial score (nSPS) is 17.0. The van der Waals surface area contributed by atoms with Gasteiger partial charge in [-0.2, -0.15) is 0 Å². The number of carbonyl (C=O) groups is 2. The number of benzene rings is 3. The molecule has 1 aliphatic rings. The van der Waals surface area contributed by atoms with Gasteiger partial charge in [-0.1, -0.05) is 78.9 Å². The van der Waals surface area contributed by atoms with Crippen LogP contribution in [0.3, 0.4) is 0 Å². The molecule has 3 aromatic rings. The Balaban J connectivity index is 1.76. The third kappa shape index (κ3) is 2.86. The molecular formula is C22H18N2O2. The molecule has 0 spiro atoms. The van der Waals surface area contributed by atoms with Crippen molar-refractivity contribution >= 4 is 17.6 Å². The molecule has 1 aliphatic heterocycles. The second-order valence-electron chi connectivity index (χ2n) is 6.22. The largest absolute Gasteiger partial charge is 0.332 e. The van der Waals surface area contributed by atoms with Crippen molar-refractivity contribution in [1.82, 2.24) is 4.90 Å². The van der Waals surface area contributed by atoms with Gasteiger partial charge < -0.3 is 4.90 Å². The highest BCUT2D eigenvalue weighted by Gasteiger charge is 2.46. The van der Waals surface area contributed by atoms with Gasteiger partial charge in [-0.05, 0) is 23.3 Å². The molecule has 0 saturated carbocycles. The number of imide groups is 1. The number of urea groups is 1. The lowest BCUT2D eigenvalue weighted by Gasteiger charge is -2.22. The number of rotatable bonds is 4. The van der Waals surface area contributed by atoms with Gasteiger partial charge in [-0.3, -0.25) is 4.79 Å². The molecule has 1 atom stereocenters. The minimum atomic E-state index is -0.621. The van der Waals surface area contributed by atoms with Crippen LogP contribution in [0.5, 0.6) is 0 Å². The number of anilines is 1. The zero-order chi connectivity index (χ0) is 17.9. The summed E-state index contributed by atoms with van der Waals surface area (Å²) in [7, 11) is 0. The molecule has 0 radical (unpaired) electrons. The molecule has 128 valence electrons. The number of carbonyl (C=O) groups excluding carboxylic acids is 2. The molecule has 0 unspecified atom stereocenters. The van der Waals surface area contributed by atoms with E-state index in [1.807, 2.05) is 78.9 Å². The van der Waals surface area contributed by atoms with Gasteiger partial charge in [0.05, 0.1) is 5.69 Å². The van der Waals surface area contributed by atoms with Crippen molar-refractivity contribution in [2.24, 2.45) is 0 Å². The molecule has 0 N–H and O–H groups in total. The summed E-state index contributed by atoms with van der Waals surface area (Å²) in [4.78, 5) is 29.2. The molecule has 0 bridgehead atoms. The van der Waals surface area contributed by atoms with Gasteiger partial charge in [0.25, 0.3) is 5.91 Å². The molecule has 3 amide bonds. The van der Waals surface area contributed by atoms with E-state index >= 15 is 0 Å². The van der Waals surface area contributed by atoms with Crippen LogP contribution < -0.4 is 4.90 Å². The van der Waals surface area contributed by atoms with Crippen LogP contribution in [0.25, 0.3) is 0 Å². The molecule has 4 nitrogen and oxygen atoms in total. The lowest BCUT2D eigenvalue weighted by molar-refractivity contribution is -0.120. The van der Waals surface area contributed by atoms with Gasteiger partial charge in [0.1, 0.15) is 6.04 Å². The minimum Gasteiger partial charge on any atom is -0.303 e. The Morgan fingerprint density at radius 3 is 1.85 bits per heavy atom. The van der Waals surface area contributed by atoms with Crippen LogP contribution in [-0.2, 0) is 11.3 Å². The molecule has 3 aromatic carbocycles. The van der Waals surface area contributed by atoms with Crippen LogP contribution in [0.4, 0.5) is 10.5 Å². The lowest BCUT2D eigenvalue weighted by Crippen LogP contribution is -2.32. The number of nitrogens with zero attached hydrogens (tertiary/aromatic N) is 2. The number of para-hydroxylation sites is 1. The fourth-order valence-electron chi connectivity index (χ4n) is 3.30. The van der Waals surface area contributed by atoms with Crippen molar-refractivity contribution in [2.45, 2.75) is 12.6 Å². The maximum atomic E-state index is 13.2. The van der Waals surface area contributed by atoms with Crippen LogP contribution in [0.1, 0.15) is 17.2 Å². The average molecular weight is 342 g/mol. The summed E-state index contributed by atoms with van der Waals surface area (Å²) in [6, 6.07) is 27.4. The van der Waals surface area contributed by atoms with E-state index in [0.29, 0.717) is 12.2 Å². The summed E-state index contributed by atoms with van der Waals surface area (Å²) in [6.45, 7) is 0.383. The van der Waals surface area contributed by atoms with Gasteiger partial charge >= 0.3 is 6.03 Å². The summed E-state index contributed by atoms with van der Waals surface area (Å²) >= 11 is 0. The first-order valence-electron chi connectivity index (χ1n) is 8.54. The van der Waals surface area contributed by atoms with E-state index in [1.165, 1.54) is 4.90 Å². The minimum absolute atomic E-state index is 0.219. The Bertz CT molecular complexity index is 911. The Kier molecular flexibility index (Phi) is 4.23. The zero-order valence-electron chi connectivity index (χ0n) is 14.2. The predicted molar refractivity (Wildman–Crippen MR) is 100 cm³/mol. The molecular weight excluding hydrogens is 324 g/mol. The molecule has 1 fully saturated rings. The fraction of sp³-hybridized carbons (Fsp3) is 0.0909. The van der Waals surface area contributed by atoms with E-state index in [2.05, 4.69) is 0 Å². The highest BCUT2D eigenvalue weighted by molar-refractivity contribution is 6.21. The third-order valence-corrected chi connectivity index (χ3v) is 4.53. The highest BCUT2D eigenvalue weighted by Crippen LogP contribution is 2.35. The van der Waals surface area contributed by atoms with Crippen molar-refractivity contribution in [3.8, 4) is 0 Å². The maximum absolute atomic E-state index is 13.2. The summed E-state index contributed by atoms with van der Waals surface area (Å²) in [6.07, 6.45) is 0. The van der Waals surface area contributed by atoms with Crippen molar-refractivity contribution in [2.75, 3.05) is 4.90 Å². The lowest BCUT2D eigenvalue weighted by atomic mass is 10.1. The summed E-state index contributed by atoms with van der Waals surface area (Å²) in [5.41, 5.74) is 2.41. The monoisotopic (exact) mass is 342 g/mol. The molecule has 4 rings (SSSR count). The Morgan fingerprint density at radius 1 is 0.692 bits per heavy atom. The van der Waals surface area contributed by atoms with Gasteiger partial charge in [0.15, 0.2) is 0 Å². The van der Waals surface area contributed by atoms with Crippen molar-refractivity contribution in [3.63, 3.8) is 0 Å². The van der Waals surface area contributed by atoms with E-state index in [-0.39, 0.29) is 11.9 Å². The molecule has 26 heavy (non-hydrogen) atoms. The second-order valence-corrected chi connectivity index (χ2v) is 6.22. The van der Waals surface area contributed by atoms with E-state index < -0.39 is 6.04 Å². The predicted octanol–water partition coefficient (Wildman–Crippen LogP) is 4.40. The Morgan fingerprint density at radius 2 is 1.23 bits per heavy atom. The fourth-order valence-corrected chi connectivity index (χ4v) is 3.30. The smallest absolute Gasteiger partial charge is 0.303 e. The first-order valence-corrected chi connectivity index (χ1v) is 8.54. The molecule has 0 aliphatic carbocycles. The maximum Gasteiger partial charge on any atom is 0.332 e. The van der Waals surface area contributed by atoms with Crippen molar-refractivity contribution in [3.05, 3.63) is 102 Å². The molecule has 1 saturated heterocycles. The van der Waals surface area contributed by atoms with Crippen molar-refractivity contribution in [1.29, 1.82) is 0 Å². The number of hydrogen-bond donors (Lipinski definition) is 0. The molecule has 0 aromatic heterocycles. The average Bonchev–Trinajstić information content (AvgIpc) is 2.94. The van der Waals surface area contributed by atoms with E-state index in [4.69, 9.17) is 0 Å². The van der Waals surface area contributed by atoms with E-state index in [0.717, 1.165) is 11.1 Å². The van der Waals surface area contributed by atoms with Crippen LogP contribution >= 0.6 is 0 Å². The molecule has 4 heteroatoms. The van der Waals surface area contributed by atoms with Gasteiger partial charge in [-0.15, -0.1) is 0 Å². The topological polar surface area (TPSA) is 40.6 Å². The summed E-state index contributed by atoms with van der Waals surface area (Å²) in [5, 5.41) is 0. The molecule has 1 heterocycles. The number of hydrogen-bond acceptors (Lipinski definition) is 2. The second kappa shape index (κ2) is 6.84. The van der Waals surface area contributed by atoms with E-state index in [1.54, 1.807) is 17.0 Å². The van der Waals surface area contributed by atoms with Crippen molar-refractivity contribution < 1.29 is 9.59 Å². The zero-order valence-corrected chi connectivity index (χ0v) is 14.2. The van der Waals surface area contributed by atoms with Crippen LogP contribution in [0.15, 0.2) is 91.0 Å². The van der Waals surface area contributed by atoms with Crippen LogP contribution in [0.2, 0.25) is 0 Å². The SMILES string of the molecule is O=C1[C@@H](c2ccccc2)N(Cc2ccccc2)C(=O)N1c1ccccc1. The highest BCUT2D eigenvalue weighted by atomic mass is 16.2. The van der Waals surface area contributed by atoms with Gasteiger partial charge in [0, 0.05) is 6.54 Å². The standard InChI is InChI=1S/C22H18N2O2/c25-21-20(18-12-6-2-7-13-18)23(16-17-10-4-1-5-11-17)22(26)24(21)19-14-8-3-9-15-19/h1-15,20H,16H2/t20-/m1/s1. The van der Waals surface area contributed by atoms with Crippen LogP contribution in [-0.4, -0.2) is 16.8 Å². The van der Waals surface area contributed by atoms with Crippen LogP contribution in [0, 0.1) is 0 Å². The van der Waals surface area contributed by atoms with E-state index in [9.17, 15) is 9.59 Å². The Hall–Kier alpha value is -3.40. The third-order valence-electron chi connectivity index (χ3n) is 4.53. The summed E-state index contributed by atoms with van der Waals surface area (Å²) in [5.74, 6) is -0.219. The first-order chi connectivity index (χ1) is 12.8. The summed E-state index contributed by atoms with van der Waals surface area (Å²) < 4.78 is 0. The first kappa shape index (κ1) is 16.1. The van der Waals surface area contributed by atoms with Gasteiger partial charge in [0.2, 0.25) is 0 Å². The Labute approximate surface area is 152 Å². The quantitative estimate of drug-likeness (QED) is 0.660. The van der Waals surface area contributed by atoms with Gasteiger partial charge in [-0.25, -0.2) is 9.69 Å². The number of amides is 3.